The van der Waals surface area contributed by atoms with Crippen molar-refractivity contribution in [2.24, 2.45) is 5.92 Å². The van der Waals surface area contributed by atoms with E-state index in [1.807, 2.05) is 47.6 Å². The maximum atomic E-state index is 13.0. The molecule has 1 aromatic heterocycles. The number of pyridine rings is 1. The highest BCUT2D eigenvalue weighted by atomic mass is 32.2. The summed E-state index contributed by atoms with van der Waals surface area (Å²) < 4.78 is 0. The van der Waals surface area contributed by atoms with Crippen molar-refractivity contribution < 1.29 is 9.59 Å². The van der Waals surface area contributed by atoms with Crippen LogP contribution in [0.5, 0.6) is 0 Å². The molecule has 1 amide bonds. The summed E-state index contributed by atoms with van der Waals surface area (Å²) in [5.74, 6) is 0.209. The van der Waals surface area contributed by atoms with Gasteiger partial charge in [-0.2, -0.15) is 0 Å². The number of ketones is 1. The molecule has 1 saturated heterocycles. The molecule has 1 aromatic carbocycles. The molecule has 0 bridgehead atoms. The third-order valence-electron chi connectivity index (χ3n) is 4.89. The Hall–Kier alpha value is -2.14. The van der Waals surface area contributed by atoms with Crippen LogP contribution in [0.15, 0.2) is 53.7 Å². The second-order valence-corrected chi connectivity index (χ2v) is 7.45. The zero-order valence-corrected chi connectivity index (χ0v) is 15.9. The molecule has 0 N–H and O–H groups in total. The van der Waals surface area contributed by atoms with Crippen molar-refractivity contribution >= 4 is 23.5 Å². The Morgan fingerprint density at radius 2 is 1.96 bits per heavy atom. The summed E-state index contributed by atoms with van der Waals surface area (Å²) in [6, 6.07) is 11.6. The van der Waals surface area contributed by atoms with Crippen molar-refractivity contribution in [1.29, 1.82) is 0 Å². The van der Waals surface area contributed by atoms with Crippen molar-refractivity contribution in [3.63, 3.8) is 0 Å². The van der Waals surface area contributed by atoms with Gasteiger partial charge >= 0.3 is 0 Å². The monoisotopic (exact) mass is 368 g/mol. The van der Waals surface area contributed by atoms with Gasteiger partial charge in [0.15, 0.2) is 5.78 Å². The lowest BCUT2D eigenvalue weighted by atomic mass is 9.89. The van der Waals surface area contributed by atoms with Crippen LogP contribution in [0, 0.1) is 5.92 Å². The second kappa shape index (κ2) is 8.99. The minimum Gasteiger partial charge on any atom is -0.342 e. The number of rotatable bonds is 6. The van der Waals surface area contributed by atoms with Gasteiger partial charge < -0.3 is 4.90 Å². The molecule has 1 fully saturated rings. The standard InChI is InChI=1S/C21H24N2O2S/c1-26-19-7-3-2-6-18(19)21(25)17-5-4-14-23(15-17)20(24)9-8-16-10-12-22-13-11-16/h2-3,6-7,10-13,17H,4-5,8-9,14-15H2,1H3/t17-/m1/s1. The maximum Gasteiger partial charge on any atom is 0.222 e. The summed E-state index contributed by atoms with van der Waals surface area (Å²) >= 11 is 1.59. The molecule has 0 saturated carbocycles. The maximum absolute atomic E-state index is 13.0. The number of aromatic nitrogens is 1. The minimum atomic E-state index is -0.0954. The number of piperidine rings is 1. The third-order valence-corrected chi connectivity index (χ3v) is 5.69. The van der Waals surface area contributed by atoms with Crippen LogP contribution in [0.1, 0.15) is 35.2 Å². The van der Waals surface area contributed by atoms with E-state index in [1.165, 1.54) is 0 Å². The SMILES string of the molecule is CSc1ccccc1C(=O)[C@@H]1CCCN(C(=O)CCc2ccncc2)C1. The van der Waals surface area contributed by atoms with Crippen LogP contribution in [0.25, 0.3) is 0 Å². The molecule has 0 unspecified atom stereocenters. The van der Waals surface area contributed by atoms with Gasteiger partial charge in [-0.05, 0) is 49.3 Å². The van der Waals surface area contributed by atoms with E-state index in [2.05, 4.69) is 4.98 Å². The lowest BCUT2D eigenvalue weighted by Gasteiger charge is -2.32. The van der Waals surface area contributed by atoms with Gasteiger partial charge in [-0.1, -0.05) is 18.2 Å². The molecule has 2 aromatic rings. The van der Waals surface area contributed by atoms with Gasteiger partial charge in [0.25, 0.3) is 0 Å². The third kappa shape index (κ3) is 4.52. The first-order valence-electron chi connectivity index (χ1n) is 9.03. The number of amides is 1. The number of likely N-dealkylation sites (tertiary alicyclic amines) is 1. The fraction of sp³-hybridized carbons (Fsp3) is 0.381. The first kappa shape index (κ1) is 18.6. The summed E-state index contributed by atoms with van der Waals surface area (Å²) in [6.07, 6.45) is 8.42. The van der Waals surface area contributed by atoms with E-state index in [0.717, 1.165) is 35.4 Å². The molecule has 3 rings (SSSR count). The summed E-state index contributed by atoms with van der Waals surface area (Å²) in [6.45, 7) is 1.29. The summed E-state index contributed by atoms with van der Waals surface area (Å²) in [4.78, 5) is 32.4. The number of thioether (sulfide) groups is 1. The Morgan fingerprint density at radius 3 is 2.73 bits per heavy atom. The van der Waals surface area contributed by atoms with Crippen molar-refractivity contribution in [3.8, 4) is 0 Å². The number of aryl methyl sites for hydroxylation is 1. The molecule has 26 heavy (non-hydrogen) atoms. The summed E-state index contributed by atoms with van der Waals surface area (Å²) in [5, 5.41) is 0. The largest absolute Gasteiger partial charge is 0.342 e. The summed E-state index contributed by atoms with van der Waals surface area (Å²) in [7, 11) is 0. The molecular formula is C21H24N2O2S. The lowest BCUT2D eigenvalue weighted by molar-refractivity contribution is -0.132. The number of nitrogens with zero attached hydrogens (tertiary/aromatic N) is 2. The van der Waals surface area contributed by atoms with E-state index >= 15 is 0 Å². The summed E-state index contributed by atoms with van der Waals surface area (Å²) in [5.41, 5.74) is 1.91. The highest BCUT2D eigenvalue weighted by molar-refractivity contribution is 7.98. The number of carbonyl (C=O) groups excluding carboxylic acids is 2. The Labute approximate surface area is 159 Å². The number of hydrogen-bond acceptors (Lipinski definition) is 4. The molecule has 1 aliphatic heterocycles. The van der Waals surface area contributed by atoms with Gasteiger partial charge in [0, 0.05) is 48.3 Å². The molecule has 1 aliphatic rings. The van der Waals surface area contributed by atoms with Crippen molar-refractivity contribution in [2.45, 2.75) is 30.6 Å². The highest BCUT2D eigenvalue weighted by Gasteiger charge is 2.29. The van der Waals surface area contributed by atoms with Crippen LogP contribution in [0.3, 0.4) is 0 Å². The molecule has 2 heterocycles. The Balaban J connectivity index is 1.61. The van der Waals surface area contributed by atoms with Crippen molar-refractivity contribution in [3.05, 3.63) is 59.9 Å². The first-order valence-corrected chi connectivity index (χ1v) is 10.3. The van der Waals surface area contributed by atoms with Gasteiger partial charge in [-0.15, -0.1) is 11.8 Å². The predicted octanol–water partition coefficient (Wildman–Crippen LogP) is 3.86. The molecule has 4 nitrogen and oxygen atoms in total. The van der Waals surface area contributed by atoms with E-state index in [-0.39, 0.29) is 17.6 Å². The molecule has 0 radical (unpaired) electrons. The van der Waals surface area contributed by atoms with Crippen LogP contribution in [0.2, 0.25) is 0 Å². The van der Waals surface area contributed by atoms with Gasteiger partial charge in [0.05, 0.1) is 0 Å². The molecule has 0 aliphatic carbocycles. The van der Waals surface area contributed by atoms with E-state index in [4.69, 9.17) is 0 Å². The topological polar surface area (TPSA) is 50.3 Å². The Kier molecular flexibility index (Phi) is 6.45. The molecule has 1 atom stereocenters. The number of carbonyl (C=O) groups is 2. The second-order valence-electron chi connectivity index (χ2n) is 6.60. The zero-order valence-electron chi connectivity index (χ0n) is 15.1. The van der Waals surface area contributed by atoms with E-state index in [0.29, 0.717) is 19.4 Å². The lowest BCUT2D eigenvalue weighted by Crippen LogP contribution is -2.42. The number of hydrogen-bond donors (Lipinski definition) is 0. The number of Topliss-reactive ketones (excluding diaryl/α,β-unsaturated/α-hetero) is 1. The van der Waals surface area contributed by atoms with Crippen LogP contribution in [0.4, 0.5) is 0 Å². The average Bonchev–Trinajstić information content (AvgIpc) is 2.72. The van der Waals surface area contributed by atoms with Gasteiger partial charge in [0.2, 0.25) is 5.91 Å². The smallest absolute Gasteiger partial charge is 0.222 e. The molecule has 5 heteroatoms. The first-order chi connectivity index (χ1) is 12.7. The van der Waals surface area contributed by atoms with Crippen LogP contribution >= 0.6 is 11.8 Å². The van der Waals surface area contributed by atoms with E-state index in [1.54, 1.807) is 24.2 Å². The van der Waals surface area contributed by atoms with Gasteiger partial charge in [-0.3, -0.25) is 14.6 Å². The molecule has 0 spiro atoms. The zero-order chi connectivity index (χ0) is 18.4. The fourth-order valence-electron chi connectivity index (χ4n) is 3.44. The quantitative estimate of drug-likeness (QED) is 0.574. The van der Waals surface area contributed by atoms with Crippen molar-refractivity contribution in [2.75, 3.05) is 19.3 Å². The van der Waals surface area contributed by atoms with Crippen LogP contribution < -0.4 is 0 Å². The Bertz CT molecular complexity index is 764. The van der Waals surface area contributed by atoms with Gasteiger partial charge in [-0.25, -0.2) is 0 Å². The van der Waals surface area contributed by atoms with Crippen LogP contribution in [-0.4, -0.2) is 40.9 Å². The van der Waals surface area contributed by atoms with Crippen molar-refractivity contribution in [1.82, 2.24) is 9.88 Å². The number of benzene rings is 1. The predicted molar refractivity (Wildman–Crippen MR) is 104 cm³/mol. The molecular weight excluding hydrogens is 344 g/mol. The normalized spacial score (nSPS) is 17.1. The van der Waals surface area contributed by atoms with E-state index in [9.17, 15) is 9.59 Å². The van der Waals surface area contributed by atoms with E-state index < -0.39 is 0 Å². The fourth-order valence-corrected chi connectivity index (χ4v) is 4.05. The molecule has 136 valence electrons. The minimum absolute atomic E-state index is 0.0954. The van der Waals surface area contributed by atoms with Crippen LogP contribution in [-0.2, 0) is 11.2 Å². The van der Waals surface area contributed by atoms with Gasteiger partial charge in [0.1, 0.15) is 0 Å². The average molecular weight is 369 g/mol. The highest BCUT2D eigenvalue weighted by Crippen LogP contribution is 2.27. The Morgan fingerprint density at radius 1 is 1.19 bits per heavy atom.